The molecule has 1 aromatic rings. The maximum Gasteiger partial charge on any atom is 0.337 e. The van der Waals surface area contributed by atoms with Gasteiger partial charge in [-0.2, -0.15) is 0 Å². The topological polar surface area (TPSA) is 116 Å². The molecule has 1 saturated heterocycles. The molecule has 1 aromatic carbocycles. The summed E-state index contributed by atoms with van der Waals surface area (Å²) >= 11 is 0. The molecule has 2 rings (SSSR count). The summed E-state index contributed by atoms with van der Waals surface area (Å²) in [4.78, 5) is 26.7. The van der Waals surface area contributed by atoms with Crippen LogP contribution in [0.15, 0.2) is 24.3 Å². The van der Waals surface area contributed by atoms with Crippen LogP contribution < -0.4 is 4.74 Å². The Morgan fingerprint density at radius 2 is 1.52 bits per heavy atom. The molecule has 0 amide bonds. The fourth-order valence-corrected chi connectivity index (χ4v) is 13.6. The minimum Gasteiger partial charge on any atom is -0.497 e. The van der Waals surface area contributed by atoms with E-state index in [-0.39, 0.29) is 37.5 Å². The van der Waals surface area contributed by atoms with Crippen molar-refractivity contribution < 1.29 is 46.6 Å². The minimum atomic E-state index is -3.62. The number of Topliss-reactive ketones (excluding diaryl/α,β-unsaturated/α-hetero) is 1. The van der Waals surface area contributed by atoms with E-state index in [2.05, 4.69) is 41.5 Å². The third-order valence-corrected chi connectivity index (χ3v) is 17.6. The van der Waals surface area contributed by atoms with Gasteiger partial charge in [-0.1, -0.05) is 53.7 Å². The summed E-state index contributed by atoms with van der Waals surface area (Å²) in [6.45, 7) is 21.0. The number of benzene rings is 1. The van der Waals surface area contributed by atoms with Crippen LogP contribution in [0.3, 0.4) is 0 Å². The summed E-state index contributed by atoms with van der Waals surface area (Å²) in [5.41, 5.74) is 0.0152. The van der Waals surface area contributed by atoms with Gasteiger partial charge in [-0.15, -0.1) is 0 Å². The van der Waals surface area contributed by atoms with Gasteiger partial charge in [-0.3, -0.25) is 14.2 Å². The summed E-state index contributed by atoms with van der Waals surface area (Å²) in [5.74, 6) is 0.0474. The third kappa shape index (κ3) is 11.2. The number of carbonyl (C=O) groups is 2. The molecule has 1 aliphatic rings. The number of esters is 1. The number of carbonyl (C=O) groups excluding carboxylic acids is 2. The minimum absolute atomic E-state index is 0.0385. The zero-order valence-electron chi connectivity index (χ0n) is 31.8. The number of rotatable bonds is 17. The van der Waals surface area contributed by atoms with Crippen LogP contribution in [0.2, 0.25) is 16.6 Å². The molecule has 0 aromatic heterocycles. The lowest BCUT2D eigenvalue weighted by Crippen LogP contribution is -2.57. The van der Waals surface area contributed by atoms with E-state index in [1.54, 1.807) is 7.11 Å². The van der Waals surface area contributed by atoms with Gasteiger partial charge in [-0.25, -0.2) is 0 Å². The van der Waals surface area contributed by atoms with E-state index >= 15 is 0 Å². The predicted octanol–water partition coefficient (Wildman–Crippen LogP) is 8.50. The molecule has 0 bridgehead atoms. The first-order valence-electron chi connectivity index (χ1n) is 17.3. The number of methoxy groups -OCH3 is 1. The molecule has 1 heterocycles. The maximum absolute atomic E-state index is 13.6. The Hall–Kier alpha value is -1.59. The highest BCUT2D eigenvalue weighted by Gasteiger charge is 2.50. The van der Waals surface area contributed by atoms with Crippen molar-refractivity contribution in [1.29, 1.82) is 0 Å². The first kappa shape index (κ1) is 42.6. The Balaban J connectivity index is 2.59. The van der Waals surface area contributed by atoms with E-state index in [4.69, 9.17) is 32.4 Å². The number of ketones is 1. The van der Waals surface area contributed by atoms with E-state index in [1.807, 2.05) is 52.0 Å². The monoisotopic (exact) mass is 714 g/mol. The van der Waals surface area contributed by atoms with Crippen molar-refractivity contribution in [2.45, 2.75) is 142 Å². The molecular formula is C36H63O10PSi. The summed E-state index contributed by atoms with van der Waals surface area (Å²) in [5, 5.41) is 0. The predicted molar refractivity (Wildman–Crippen MR) is 191 cm³/mol. The number of hydrogen-bond acceptors (Lipinski definition) is 10. The SMILES string of the molecule is COc1ccc(CO[C@@H]2CCC[C@@H](O[Si](C(C)C)(C(C)C)C(C)C)[C@@H](COC(=O)C(C)(C)C)O[C@@]2(C)CC(=O)CP(=O)(OC)OC)cc1. The van der Waals surface area contributed by atoms with Crippen molar-refractivity contribution in [3.05, 3.63) is 29.8 Å². The Labute approximate surface area is 290 Å². The van der Waals surface area contributed by atoms with Gasteiger partial charge in [0.05, 0.1) is 36.9 Å². The molecule has 12 heteroatoms. The van der Waals surface area contributed by atoms with Crippen LogP contribution in [0, 0.1) is 5.41 Å². The molecule has 1 aliphatic heterocycles. The highest BCUT2D eigenvalue weighted by Crippen LogP contribution is 2.48. The van der Waals surface area contributed by atoms with E-state index in [9.17, 15) is 14.2 Å². The fraction of sp³-hybridized carbons (Fsp3) is 0.778. The summed E-state index contributed by atoms with van der Waals surface area (Å²) in [6, 6.07) is 7.62. The van der Waals surface area contributed by atoms with Gasteiger partial charge in [0.2, 0.25) is 8.32 Å². The molecule has 0 aliphatic carbocycles. The lowest BCUT2D eigenvalue weighted by atomic mass is 9.86. The Bertz CT molecular complexity index is 1180. The number of ether oxygens (including phenoxy) is 4. The standard InChI is InChI=1S/C36H63O10PSi/c1-25(2)48(26(3)4,27(5)6)46-31-15-14-16-33(43-22-28-17-19-30(40-11)20-18-28)36(10,21-29(37)24-47(39,41-12)42-13)45-32(31)23-44-34(38)35(7,8)9/h17-20,25-27,31-33H,14-16,21-24H2,1-13H3/t31-,32-,33-,36+/m1/s1. The van der Waals surface area contributed by atoms with E-state index < -0.39 is 45.3 Å². The van der Waals surface area contributed by atoms with Crippen molar-refractivity contribution in [3.63, 3.8) is 0 Å². The molecule has 0 radical (unpaired) electrons. The molecular weight excluding hydrogens is 651 g/mol. The third-order valence-electron chi connectivity index (χ3n) is 9.61. The second-order valence-electron chi connectivity index (χ2n) is 15.2. The van der Waals surface area contributed by atoms with Crippen LogP contribution in [-0.2, 0) is 48.4 Å². The first-order valence-corrected chi connectivity index (χ1v) is 21.1. The van der Waals surface area contributed by atoms with Gasteiger partial charge >= 0.3 is 13.6 Å². The average molecular weight is 715 g/mol. The molecule has 276 valence electrons. The Morgan fingerprint density at radius 3 is 2.00 bits per heavy atom. The second kappa shape index (κ2) is 18.1. The molecule has 0 spiro atoms. The first-order chi connectivity index (χ1) is 22.3. The zero-order valence-corrected chi connectivity index (χ0v) is 33.6. The molecule has 0 N–H and O–H groups in total. The van der Waals surface area contributed by atoms with Crippen LogP contribution >= 0.6 is 7.60 Å². The van der Waals surface area contributed by atoms with Gasteiger partial charge in [0.15, 0.2) is 0 Å². The second-order valence-corrected chi connectivity index (χ2v) is 22.9. The highest BCUT2D eigenvalue weighted by atomic mass is 31.2. The van der Waals surface area contributed by atoms with Gasteiger partial charge in [-0.05, 0) is 81.3 Å². The van der Waals surface area contributed by atoms with Crippen LogP contribution in [-0.4, -0.2) is 78.1 Å². The Kier molecular flexibility index (Phi) is 16.0. The summed E-state index contributed by atoms with van der Waals surface area (Å²) in [7, 11) is -1.86. The lowest BCUT2D eigenvalue weighted by Gasteiger charge is -2.49. The Morgan fingerprint density at radius 1 is 0.958 bits per heavy atom. The van der Waals surface area contributed by atoms with Crippen LogP contribution in [0.1, 0.15) is 100 Å². The molecule has 48 heavy (non-hydrogen) atoms. The van der Waals surface area contributed by atoms with Gasteiger partial charge < -0.3 is 32.4 Å². The zero-order chi connectivity index (χ0) is 36.5. The molecule has 10 nitrogen and oxygen atoms in total. The van der Waals surface area contributed by atoms with Crippen molar-refractivity contribution in [3.8, 4) is 5.75 Å². The van der Waals surface area contributed by atoms with Crippen LogP contribution in [0.25, 0.3) is 0 Å². The molecule has 0 unspecified atom stereocenters. The van der Waals surface area contributed by atoms with E-state index in [0.717, 1.165) is 17.7 Å². The van der Waals surface area contributed by atoms with Crippen molar-refractivity contribution in [1.82, 2.24) is 0 Å². The van der Waals surface area contributed by atoms with E-state index in [0.29, 0.717) is 29.5 Å². The normalized spacial score (nSPS) is 22.9. The van der Waals surface area contributed by atoms with Gasteiger partial charge in [0.1, 0.15) is 30.4 Å². The number of hydrogen-bond donors (Lipinski definition) is 0. The molecule has 1 fully saturated rings. The quantitative estimate of drug-likeness (QED) is 0.0884. The van der Waals surface area contributed by atoms with Crippen molar-refractivity contribution >= 4 is 27.7 Å². The lowest BCUT2D eigenvalue weighted by molar-refractivity contribution is -0.214. The summed E-state index contributed by atoms with van der Waals surface area (Å²) in [6.07, 6.45) is -0.0848. The smallest absolute Gasteiger partial charge is 0.337 e. The highest BCUT2D eigenvalue weighted by molar-refractivity contribution is 7.54. The van der Waals surface area contributed by atoms with Crippen LogP contribution in [0.5, 0.6) is 5.75 Å². The van der Waals surface area contributed by atoms with Gasteiger partial charge in [0, 0.05) is 20.6 Å². The van der Waals surface area contributed by atoms with Gasteiger partial charge in [0.25, 0.3) is 0 Å². The van der Waals surface area contributed by atoms with E-state index in [1.165, 1.54) is 14.2 Å². The maximum atomic E-state index is 13.6. The van der Waals surface area contributed by atoms with Crippen molar-refractivity contribution in [2.75, 3.05) is 34.1 Å². The van der Waals surface area contributed by atoms with Crippen molar-refractivity contribution in [2.24, 2.45) is 5.41 Å². The fourth-order valence-electron chi connectivity index (χ4n) is 7.01. The van der Waals surface area contributed by atoms with Crippen LogP contribution in [0.4, 0.5) is 0 Å². The molecule has 4 atom stereocenters. The largest absolute Gasteiger partial charge is 0.497 e. The average Bonchev–Trinajstić information content (AvgIpc) is 3.00. The molecule has 0 saturated carbocycles. The summed E-state index contributed by atoms with van der Waals surface area (Å²) < 4.78 is 55.3.